The highest BCUT2D eigenvalue weighted by Crippen LogP contribution is 2.39. The first-order valence-electron chi connectivity index (χ1n) is 8.08. The summed E-state index contributed by atoms with van der Waals surface area (Å²) in [6, 6.07) is 0.253. The van der Waals surface area contributed by atoms with E-state index in [0.29, 0.717) is 19.8 Å². The maximum absolute atomic E-state index is 12.3. The molecule has 0 amide bonds. The molecule has 0 aromatic carbocycles. The van der Waals surface area contributed by atoms with Gasteiger partial charge in [0, 0.05) is 19.3 Å². The minimum atomic E-state index is -0.536. The standard InChI is InChI=1S/C16H31NO4/c1-5-20-11-12-21-10-8-14-7-6-9-16(14,15(18)19-4)17-13(2)3/h13-14,17H,5-12H2,1-4H3. The topological polar surface area (TPSA) is 56.8 Å². The summed E-state index contributed by atoms with van der Waals surface area (Å²) in [5, 5.41) is 3.46. The van der Waals surface area contributed by atoms with Crippen LogP contribution >= 0.6 is 0 Å². The molecular weight excluding hydrogens is 270 g/mol. The lowest BCUT2D eigenvalue weighted by Gasteiger charge is -2.35. The van der Waals surface area contributed by atoms with Crippen LogP contribution in [0.5, 0.6) is 0 Å². The van der Waals surface area contributed by atoms with E-state index in [2.05, 4.69) is 19.2 Å². The van der Waals surface area contributed by atoms with Gasteiger partial charge in [-0.1, -0.05) is 6.42 Å². The van der Waals surface area contributed by atoms with Crippen LogP contribution in [-0.2, 0) is 19.0 Å². The van der Waals surface area contributed by atoms with Crippen LogP contribution < -0.4 is 5.32 Å². The summed E-state index contributed by atoms with van der Waals surface area (Å²) in [6.45, 7) is 8.74. The summed E-state index contributed by atoms with van der Waals surface area (Å²) in [7, 11) is 1.47. The van der Waals surface area contributed by atoms with Crippen molar-refractivity contribution < 1.29 is 19.0 Å². The van der Waals surface area contributed by atoms with Crippen LogP contribution in [-0.4, -0.2) is 51.1 Å². The molecule has 0 spiro atoms. The van der Waals surface area contributed by atoms with E-state index in [1.54, 1.807) is 0 Å². The zero-order valence-corrected chi connectivity index (χ0v) is 13.9. The normalized spacial score (nSPS) is 25.5. The molecule has 0 bridgehead atoms. The molecule has 0 saturated heterocycles. The SMILES string of the molecule is CCOCCOCCC1CCCC1(NC(C)C)C(=O)OC. The second-order valence-electron chi connectivity index (χ2n) is 5.95. The summed E-state index contributed by atoms with van der Waals surface area (Å²) in [5.41, 5.74) is -0.536. The molecule has 1 N–H and O–H groups in total. The van der Waals surface area contributed by atoms with Gasteiger partial charge in [0.1, 0.15) is 5.54 Å². The number of hydrogen-bond donors (Lipinski definition) is 1. The third kappa shape index (κ3) is 5.24. The molecule has 0 heterocycles. The summed E-state index contributed by atoms with van der Waals surface area (Å²) in [6.07, 6.45) is 3.82. The Hall–Kier alpha value is -0.650. The molecule has 1 rings (SSSR count). The first-order valence-corrected chi connectivity index (χ1v) is 8.08. The fourth-order valence-electron chi connectivity index (χ4n) is 3.27. The molecule has 1 saturated carbocycles. The molecular formula is C16H31NO4. The quantitative estimate of drug-likeness (QED) is 0.495. The zero-order chi connectivity index (χ0) is 15.7. The van der Waals surface area contributed by atoms with E-state index >= 15 is 0 Å². The van der Waals surface area contributed by atoms with Crippen LogP contribution in [0.15, 0.2) is 0 Å². The monoisotopic (exact) mass is 301 g/mol. The summed E-state index contributed by atoms with van der Waals surface area (Å²) in [4.78, 5) is 12.3. The predicted octanol–water partition coefficient (Wildman–Crippen LogP) is 2.14. The van der Waals surface area contributed by atoms with Crippen LogP contribution in [0.3, 0.4) is 0 Å². The van der Waals surface area contributed by atoms with Crippen molar-refractivity contribution in [3.8, 4) is 0 Å². The molecule has 5 heteroatoms. The van der Waals surface area contributed by atoms with Crippen LogP contribution in [0.4, 0.5) is 0 Å². The van der Waals surface area contributed by atoms with E-state index in [4.69, 9.17) is 14.2 Å². The van der Waals surface area contributed by atoms with Gasteiger partial charge in [-0.15, -0.1) is 0 Å². The Kier molecular flexibility index (Phi) is 8.22. The second kappa shape index (κ2) is 9.38. The van der Waals surface area contributed by atoms with Gasteiger partial charge in [-0.2, -0.15) is 0 Å². The molecule has 0 aliphatic heterocycles. The van der Waals surface area contributed by atoms with Crippen LogP contribution in [0.1, 0.15) is 46.5 Å². The smallest absolute Gasteiger partial charge is 0.326 e. The van der Waals surface area contributed by atoms with Gasteiger partial charge < -0.3 is 14.2 Å². The van der Waals surface area contributed by atoms with E-state index in [1.165, 1.54) is 7.11 Å². The Morgan fingerprint density at radius 3 is 2.62 bits per heavy atom. The second-order valence-corrected chi connectivity index (χ2v) is 5.95. The Balaban J connectivity index is 2.51. The molecule has 0 radical (unpaired) electrons. The molecule has 21 heavy (non-hydrogen) atoms. The van der Waals surface area contributed by atoms with Gasteiger partial charge in [0.05, 0.1) is 20.3 Å². The predicted molar refractivity (Wildman–Crippen MR) is 82.3 cm³/mol. The van der Waals surface area contributed by atoms with Gasteiger partial charge in [-0.05, 0) is 46.0 Å². The highest BCUT2D eigenvalue weighted by atomic mass is 16.5. The largest absolute Gasteiger partial charge is 0.468 e. The number of rotatable bonds is 10. The molecule has 1 aliphatic rings. The molecule has 124 valence electrons. The highest BCUT2D eigenvalue weighted by Gasteiger charge is 2.49. The van der Waals surface area contributed by atoms with E-state index in [9.17, 15) is 4.79 Å². The van der Waals surface area contributed by atoms with E-state index in [-0.39, 0.29) is 17.9 Å². The third-order valence-corrected chi connectivity index (χ3v) is 4.10. The van der Waals surface area contributed by atoms with Crippen molar-refractivity contribution in [1.82, 2.24) is 5.32 Å². The average Bonchev–Trinajstić information content (AvgIpc) is 2.85. The average molecular weight is 301 g/mol. The Labute approximate surface area is 128 Å². The number of methoxy groups -OCH3 is 1. The molecule has 5 nitrogen and oxygen atoms in total. The fraction of sp³-hybridized carbons (Fsp3) is 0.938. The summed E-state index contributed by atoms with van der Waals surface area (Å²) < 4.78 is 15.9. The number of carbonyl (C=O) groups is 1. The van der Waals surface area contributed by atoms with Crippen molar-refractivity contribution in [1.29, 1.82) is 0 Å². The van der Waals surface area contributed by atoms with Crippen LogP contribution in [0, 0.1) is 5.92 Å². The first-order chi connectivity index (χ1) is 10.1. The van der Waals surface area contributed by atoms with Gasteiger partial charge >= 0.3 is 5.97 Å². The Morgan fingerprint density at radius 1 is 1.29 bits per heavy atom. The number of esters is 1. The number of ether oxygens (including phenoxy) is 3. The maximum atomic E-state index is 12.3. The van der Waals surface area contributed by atoms with Gasteiger partial charge in [-0.25, -0.2) is 0 Å². The Bertz CT molecular complexity index is 309. The molecule has 0 aromatic heterocycles. The molecule has 1 fully saturated rings. The van der Waals surface area contributed by atoms with Crippen LogP contribution in [0.2, 0.25) is 0 Å². The first kappa shape index (κ1) is 18.4. The van der Waals surface area contributed by atoms with Gasteiger partial charge in [0.15, 0.2) is 0 Å². The summed E-state index contributed by atoms with van der Waals surface area (Å²) in [5.74, 6) is 0.146. The third-order valence-electron chi connectivity index (χ3n) is 4.10. The highest BCUT2D eigenvalue weighted by molar-refractivity contribution is 5.81. The van der Waals surface area contributed by atoms with Crippen molar-refractivity contribution in [3.63, 3.8) is 0 Å². The fourth-order valence-corrected chi connectivity index (χ4v) is 3.27. The van der Waals surface area contributed by atoms with Crippen molar-refractivity contribution in [2.45, 2.75) is 58.0 Å². The molecule has 2 unspecified atom stereocenters. The number of hydrogen-bond acceptors (Lipinski definition) is 5. The van der Waals surface area contributed by atoms with E-state index in [0.717, 1.165) is 32.3 Å². The van der Waals surface area contributed by atoms with Crippen molar-refractivity contribution in [2.24, 2.45) is 5.92 Å². The number of nitrogens with one attached hydrogen (secondary N) is 1. The minimum Gasteiger partial charge on any atom is -0.468 e. The van der Waals surface area contributed by atoms with Gasteiger partial charge in [0.2, 0.25) is 0 Å². The summed E-state index contributed by atoms with van der Waals surface area (Å²) >= 11 is 0. The maximum Gasteiger partial charge on any atom is 0.326 e. The van der Waals surface area contributed by atoms with E-state index in [1.807, 2.05) is 6.92 Å². The van der Waals surface area contributed by atoms with Crippen LogP contribution in [0.25, 0.3) is 0 Å². The van der Waals surface area contributed by atoms with Crippen molar-refractivity contribution >= 4 is 5.97 Å². The lowest BCUT2D eigenvalue weighted by molar-refractivity contribution is -0.151. The van der Waals surface area contributed by atoms with Crippen molar-refractivity contribution in [3.05, 3.63) is 0 Å². The molecule has 0 aromatic rings. The van der Waals surface area contributed by atoms with Gasteiger partial charge in [0.25, 0.3) is 0 Å². The molecule has 2 atom stereocenters. The lowest BCUT2D eigenvalue weighted by Crippen LogP contribution is -2.57. The van der Waals surface area contributed by atoms with E-state index < -0.39 is 5.54 Å². The minimum absolute atomic E-state index is 0.131. The number of carbonyl (C=O) groups excluding carboxylic acids is 1. The van der Waals surface area contributed by atoms with Crippen molar-refractivity contribution in [2.75, 3.05) is 33.5 Å². The molecule has 1 aliphatic carbocycles. The zero-order valence-electron chi connectivity index (χ0n) is 13.9. The lowest BCUT2D eigenvalue weighted by atomic mass is 9.84. The Morgan fingerprint density at radius 2 is 2.00 bits per heavy atom. The van der Waals surface area contributed by atoms with Gasteiger partial charge in [-0.3, -0.25) is 10.1 Å².